The lowest BCUT2D eigenvalue weighted by molar-refractivity contribution is 0.0650. The van der Waals surface area contributed by atoms with E-state index in [1.54, 1.807) is 0 Å². The summed E-state index contributed by atoms with van der Waals surface area (Å²) in [4.78, 5) is 0. The Balaban J connectivity index is 1.95. The van der Waals surface area contributed by atoms with Crippen LogP contribution >= 0.6 is 0 Å². The summed E-state index contributed by atoms with van der Waals surface area (Å²) in [5, 5.41) is 8.50. The third-order valence-corrected chi connectivity index (χ3v) is 5.23. The Bertz CT molecular complexity index is 380. The van der Waals surface area contributed by atoms with E-state index in [4.69, 9.17) is 5.26 Å². The first-order valence-electron chi connectivity index (χ1n) is 7.65. The Labute approximate surface area is 116 Å². The normalized spacial score (nSPS) is 42.8. The fourth-order valence-electron chi connectivity index (χ4n) is 4.00. The molecule has 2 saturated carbocycles. The van der Waals surface area contributed by atoms with E-state index < -0.39 is 6.17 Å². The quantitative estimate of drug-likeness (QED) is 0.644. The van der Waals surface area contributed by atoms with Gasteiger partial charge in [-0.05, 0) is 49.4 Å². The number of nitrogens with zero attached hydrogens (tertiary/aromatic N) is 1. The van der Waals surface area contributed by atoms with Crippen molar-refractivity contribution >= 4 is 0 Å². The molecule has 4 atom stereocenters. The summed E-state index contributed by atoms with van der Waals surface area (Å²) in [5.74, 6) is 7.39. The smallest absolute Gasteiger partial charge is 0.152 e. The SMILES string of the molecule is CC1CCC(C2CC(C)C(C#CC#N)C(F)C2)CC1. The van der Waals surface area contributed by atoms with Gasteiger partial charge in [-0.3, -0.25) is 0 Å². The molecule has 2 heteroatoms. The zero-order valence-electron chi connectivity index (χ0n) is 12.0. The minimum Gasteiger partial charge on any atom is -0.246 e. The third-order valence-electron chi connectivity index (χ3n) is 5.23. The van der Waals surface area contributed by atoms with Gasteiger partial charge in [-0.1, -0.05) is 32.6 Å². The van der Waals surface area contributed by atoms with E-state index in [1.165, 1.54) is 25.7 Å². The molecule has 0 radical (unpaired) electrons. The highest BCUT2D eigenvalue weighted by Gasteiger charge is 2.38. The summed E-state index contributed by atoms with van der Waals surface area (Å²) >= 11 is 0. The van der Waals surface area contributed by atoms with Gasteiger partial charge in [0.2, 0.25) is 0 Å². The number of alkyl halides is 1. The Morgan fingerprint density at radius 3 is 2.26 bits per heavy atom. The molecule has 0 heterocycles. The number of rotatable bonds is 1. The van der Waals surface area contributed by atoms with Crippen molar-refractivity contribution in [3.05, 3.63) is 0 Å². The van der Waals surface area contributed by atoms with Gasteiger partial charge >= 0.3 is 0 Å². The molecule has 0 aliphatic heterocycles. The van der Waals surface area contributed by atoms with Gasteiger partial charge in [-0.25, -0.2) is 4.39 Å². The second kappa shape index (κ2) is 6.42. The van der Waals surface area contributed by atoms with Crippen molar-refractivity contribution in [3.63, 3.8) is 0 Å². The lowest BCUT2D eigenvalue weighted by Crippen LogP contribution is -2.36. The van der Waals surface area contributed by atoms with Gasteiger partial charge in [0.15, 0.2) is 6.07 Å². The topological polar surface area (TPSA) is 23.8 Å². The van der Waals surface area contributed by atoms with Crippen molar-refractivity contribution in [2.45, 2.75) is 58.5 Å². The summed E-state index contributed by atoms with van der Waals surface area (Å²) in [6, 6.07) is 1.81. The van der Waals surface area contributed by atoms with E-state index >= 15 is 0 Å². The monoisotopic (exact) mass is 261 g/mol. The van der Waals surface area contributed by atoms with E-state index in [1.807, 2.05) is 6.07 Å². The minimum absolute atomic E-state index is 0.224. The predicted octanol–water partition coefficient (Wildman–Crippen LogP) is 4.34. The van der Waals surface area contributed by atoms with Gasteiger partial charge in [0.1, 0.15) is 6.17 Å². The average molecular weight is 261 g/mol. The molecule has 104 valence electrons. The molecule has 0 aromatic carbocycles. The number of hydrogen-bond acceptors (Lipinski definition) is 1. The number of nitriles is 1. The van der Waals surface area contributed by atoms with Crippen LogP contribution in [0.25, 0.3) is 0 Å². The van der Waals surface area contributed by atoms with Crippen LogP contribution in [0.5, 0.6) is 0 Å². The highest BCUT2D eigenvalue weighted by molar-refractivity contribution is 5.20. The highest BCUT2D eigenvalue weighted by Crippen LogP contribution is 2.44. The standard InChI is InChI=1S/C17H24FN/c1-12-5-7-14(8-6-12)15-10-13(2)16(4-3-9-19)17(18)11-15/h12-17H,5-8,10-11H2,1-2H3. The lowest BCUT2D eigenvalue weighted by Gasteiger charge is -2.40. The predicted molar refractivity (Wildman–Crippen MR) is 74.8 cm³/mol. The van der Waals surface area contributed by atoms with Gasteiger partial charge < -0.3 is 0 Å². The summed E-state index contributed by atoms with van der Waals surface area (Å²) in [6.07, 6.45) is 6.08. The van der Waals surface area contributed by atoms with Gasteiger partial charge in [0.25, 0.3) is 0 Å². The summed E-state index contributed by atoms with van der Waals surface area (Å²) in [7, 11) is 0. The first-order chi connectivity index (χ1) is 9.11. The maximum absolute atomic E-state index is 14.3. The molecule has 0 saturated heterocycles. The molecule has 0 aromatic rings. The molecule has 0 aromatic heterocycles. The molecule has 2 fully saturated rings. The van der Waals surface area contributed by atoms with Crippen molar-refractivity contribution in [3.8, 4) is 17.9 Å². The largest absolute Gasteiger partial charge is 0.246 e. The van der Waals surface area contributed by atoms with E-state index in [9.17, 15) is 4.39 Å². The maximum Gasteiger partial charge on any atom is 0.152 e. The molecule has 0 bridgehead atoms. The van der Waals surface area contributed by atoms with Crippen molar-refractivity contribution in [2.24, 2.45) is 29.6 Å². The fourth-order valence-corrected chi connectivity index (χ4v) is 4.00. The molecule has 0 N–H and O–H groups in total. The highest BCUT2D eigenvalue weighted by atomic mass is 19.1. The van der Waals surface area contributed by atoms with E-state index in [-0.39, 0.29) is 11.8 Å². The summed E-state index contributed by atoms with van der Waals surface area (Å²) < 4.78 is 14.3. The van der Waals surface area contributed by atoms with Crippen LogP contribution in [0.2, 0.25) is 0 Å². The van der Waals surface area contributed by atoms with E-state index in [2.05, 4.69) is 25.7 Å². The van der Waals surface area contributed by atoms with Gasteiger partial charge in [0, 0.05) is 5.92 Å². The van der Waals surface area contributed by atoms with Crippen LogP contribution in [-0.4, -0.2) is 6.17 Å². The van der Waals surface area contributed by atoms with Gasteiger partial charge in [-0.15, -0.1) is 0 Å². The van der Waals surface area contributed by atoms with Crippen LogP contribution in [0.3, 0.4) is 0 Å². The fraction of sp³-hybridized carbons (Fsp3) is 0.824. The average Bonchev–Trinajstić information content (AvgIpc) is 2.38. The Morgan fingerprint density at radius 1 is 1.00 bits per heavy atom. The Kier molecular flexibility index (Phi) is 4.87. The molecule has 0 amide bonds. The summed E-state index contributed by atoms with van der Waals surface area (Å²) in [5.41, 5.74) is 0. The zero-order chi connectivity index (χ0) is 13.8. The molecular formula is C17H24FN. The summed E-state index contributed by atoms with van der Waals surface area (Å²) in [6.45, 7) is 4.42. The molecule has 4 unspecified atom stereocenters. The first-order valence-corrected chi connectivity index (χ1v) is 7.65. The second-order valence-corrected chi connectivity index (χ2v) is 6.65. The van der Waals surface area contributed by atoms with Crippen molar-refractivity contribution in [1.82, 2.24) is 0 Å². The molecule has 2 rings (SSSR count). The van der Waals surface area contributed by atoms with Crippen LogP contribution < -0.4 is 0 Å². The Morgan fingerprint density at radius 2 is 1.68 bits per heavy atom. The maximum atomic E-state index is 14.3. The molecular weight excluding hydrogens is 237 g/mol. The van der Waals surface area contributed by atoms with Gasteiger partial charge in [-0.2, -0.15) is 5.26 Å². The number of hydrogen-bond donors (Lipinski definition) is 0. The van der Waals surface area contributed by atoms with Crippen LogP contribution in [0, 0.1) is 52.8 Å². The first kappa shape index (κ1) is 14.4. The molecule has 19 heavy (non-hydrogen) atoms. The molecule has 2 aliphatic carbocycles. The molecule has 0 spiro atoms. The Hall–Kier alpha value is -1.02. The minimum atomic E-state index is -0.839. The van der Waals surface area contributed by atoms with Crippen LogP contribution in [0.15, 0.2) is 0 Å². The van der Waals surface area contributed by atoms with Crippen LogP contribution in [0.4, 0.5) is 4.39 Å². The van der Waals surface area contributed by atoms with E-state index in [0.29, 0.717) is 12.3 Å². The van der Waals surface area contributed by atoms with E-state index in [0.717, 1.165) is 18.3 Å². The second-order valence-electron chi connectivity index (χ2n) is 6.65. The van der Waals surface area contributed by atoms with Crippen LogP contribution in [0.1, 0.15) is 52.4 Å². The van der Waals surface area contributed by atoms with Crippen molar-refractivity contribution < 1.29 is 4.39 Å². The number of halogens is 1. The van der Waals surface area contributed by atoms with Crippen molar-refractivity contribution in [2.75, 3.05) is 0 Å². The lowest BCUT2D eigenvalue weighted by atomic mass is 9.66. The zero-order valence-corrected chi connectivity index (χ0v) is 12.0. The molecule has 2 aliphatic rings. The van der Waals surface area contributed by atoms with Gasteiger partial charge in [0.05, 0.1) is 5.92 Å². The van der Waals surface area contributed by atoms with Crippen molar-refractivity contribution in [1.29, 1.82) is 5.26 Å². The van der Waals surface area contributed by atoms with Crippen LogP contribution in [-0.2, 0) is 0 Å². The molecule has 1 nitrogen and oxygen atoms in total. The third kappa shape index (κ3) is 3.50.